The molecule has 1 heterocycles. The molecule has 0 radical (unpaired) electrons. The van der Waals surface area contributed by atoms with Crippen molar-refractivity contribution < 1.29 is 0 Å². The lowest BCUT2D eigenvalue weighted by Crippen LogP contribution is -2.21. The monoisotopic (exact) mass is 195 g/mol. The highest BCUT2D eigenvalue weighted by Gasteiger charge is 2.16. The van der Waals surface area contributed by atoms with Crippen molar-refractivity contribution in [1.29, 1.82) is 5.26 Å². The van der Waals surface area contributed by atoms with Crippen LogP contribution in [0.15, 0.2) is 17.6 Å². The van der Waals surface area contributed by atoms with Crippen molar-refractivity contribution in [3.8, 4) is 6.07 Å². The molecule has 0 fully saturated rings. The van der Waals surface area contributed by atoms with E-state index in [-0.39, 0.29) is 5.54 Å². The number of nitrogens with zero attached hydrogens (tertiary/aromatic N) is 3. The average Bonchev–Trinajstić information content (AvgIpc) is 2.47. The van der Waals surface area contributed by atoms with Gasteiger partial charge in [0.25, 0.3) is 0 Å². The highest BCUT2D eigenvalue weighted by atomic mass is 32.2. The summed E-state index contributed by atoms with van der Waals surface area (Å²) in [5.74, 6) is 0.451. The van der Waals surface area contributed by atoms with Gasteiger partial charge >= 0.3 is 0 Å². The van der Waals surface area contributed by atoms with E-state index in [0.29, 0.717) is 5.75 Å². The van der Waals surface area contributed by atoms with Gasteiger partial charge in [-0.1, -0.05) is 11.8 Å². The second-order valence-electron chi connectivity index (χ2n) is 3.70. The molecule has 0 amide bonds. The number of imidazole rings is 1. The summed E-state index contributed by atoms with van der Waals surface area (Å²) < 4.78 is 2.08. The van der Waals surface area contributed by atoms with E-state index in [1.54, 1.807) is 6.20 Å². The maximum Gasteiger partial charge on any atom is 0.169 e. The SMILES string of the molecule is CC(C)(C)n1ccnc1SCC#N. The Balaban J connectivity index is 2.85. The first kappa shape index (κ1) is 10.1. The Morgan fingerprint density at radius 2 is 2.31 bits per heavy atom. The van der Waals surface area contributed by atoms with Crippen molar-refractivity contribution >= 4 is 11.8 Å². The standard InChI is InChI=1S/C9H13N3S/c1-9(2,3)12-6-5-11-8(12)13-7-4-10/h5-6H,7H2,1-3H3. The molecule has 13 heavy (non-hydrogen) atoms. The third kappa shape index (κ3) is 2.49. The van der Waals surface area contributed by atoms with E-state index < -0.39 is 0 Å². The highest BCUT2D eigenvalue weighted by molar-refractivity contribution is 7.99. The van der Waals surface area contributed by atoms with Crippen LogP contribution in [0, 0.1) is 11.3 Å². The molecule has 1 aromatic heterocycles. The third-order valence-electron chi connectivity index (χ3n) is 1.60. The molecule has 0 atom stereocenters. The van der Waals surface area contributed by atoms with Gasteiger partial charge in [0.15, 0.2) is 5.16 Å². The molecule has 4 heteroatoms. The van der Waals surface area contributed by atoms with Crippen LogP contribution >= 0.6 is 11.8 Å². The largest absolute Gasteiger partial charge is 0.321 e. The third-order valence-corrected chi connectivity index (χ3v) is 2.43. The molecule has 1 aromatic rings. The summed E-state index contributed by atoms with van der Waals surface area (Å²) in [7, 11) is 0. The number of nitriles is 1. The summed E-state index contributed by atoms with van der Waals surface area (Å²) in [6.45, 7) is 6.35. The van der Waals surface area contributed by atoms with E-state index >= 15 is 0 Å². The fourth-order valence-corrected chi connectivity index (χ4v) is 1.81. The predicted octanol–water partition coefficient (Wildman–Crippen LogP) is 2.25. The van der Waals surface area contributed by atoms with E-state index in [1.165, 1.54) is 11.8 Å². The summed E-state index contributed by atoms with van der Waals surface area (Å²) in [6.07, 6.45) is 3.71. The summed E-state index contributed by atoms with van der Waals surface area (Å²) in [5.41, 5.74) is 0.0360. The molecular weight excluding hydrogens is 182 g/mol. The zero-order chi connectivity index (χ0) is 9.90. The van der Waals surface area contributed by atoms with Gasteiger partial charge < -0.3 is 4.57 Å². The minimum absolute atomic E-state index is 0.0360. The molecule has 0 aliphatic heterocycles. The molecule has 3 nitrogen and oxygen atoms in total. The second-order valence-corrected chi connectivity index (χ2v) is 4.64. The minimum atomic E-state index is 0.0360. The van der Waals surface area contributed by atoms with E-state index in [9.17, 15) is 0 Å². The lowest BCUT2D eigenvalue weighted by Gasteiger charge is -2.22. The topological polar surface area (TPSA) is 41.6 Å². The molecule has 0 aliphatic rings. The number of aromatic nitrogens is 2. The quantitative estimate of drug-likeness (QED) is 0.680. The molecule has 0 bridgehead atoms. The van der Waals surface area contributed by atoms with Gasteiger partial charge in [0.1, 0.15) is 0 Å². The Kier molecular flexibility index (Phi) is 2.99. The molecule has 0 aromatic carbocycles. The van der Waals surface area contributed by atoms with Gasteiger partial charge in [0.2, 0.25) is 0 Å². The summed E-state index contributed by atoms with van der Waals surface area (Å²) >= 11 is 1.47. The van der Waals surface area contributed by atoms with Gasteiger partial charge in [-0.15, -0.1) is 0 Å². The van der Waals surface area contributed by atoms with Crippen molar-refractivity contribution in [3.63, 3.8) is 0 Å². The number of hydrogen-bond acceptors (Lipinski definition) is 3. The van der Waals surface area contributed by atoms with Gasteiger partial charge in [-0.05, 0) is 20.8 Å². The Morgan fingerprint density at radius 1 is 1.62 bits per heavy atom. The lowest BCUT2D eigenvalue weighted by atomic mass is 10.1. The van der Waals surface area contributed by atoms with Gasteiger partial charge in [-0.2, -0.15) is 5.26 Å². The maximum atomic E-state index is 8.45. The van der Waals surface area contributed by atoms with E-state index in [0.717, 1.165) is 5.16 Å². The fourth-order valence-electron chi connectivity index (χ4n) is 1.00. The lowest BCUT2D eigenvalue weighted by molar-refractivity contribution is 0.367. The van der Waals surface area contributed by atoms with Gasteiger partial charge in [-0.3, -0.25) is 0 Å². The fraction of sp³-hybridized carbons (Fsp3) is 0.556. The Morgan fingerprint density at radius 3 is 2.85 bits per heavy atom. The smallest absolute Gasteiger partial charge is 0.169 e. The Labute approximate surface area is 82.8 Å². The predicted molar refractivity (Wildman–Crippen MR) is 53.6 cm³/mol. The molecule has 0 saturated heterocycles. The van der Waals surface area contributed by atoms with Crippen LogP contribution in [-0.2, 0) is 5.54 Å². The average molecular weight is 195 g/mol. The van der Waals surface area contributed by atoms with Crippen molar-refractivity contribution in [2.75, 3.05) is 5.75 Å². The first-order valence-corrected chi connectivity index (χ1v) is 5.08. The summed E-state index contributed by atoms with van der Waals surface area (Å²) in [5, 5.41) is 9.36. The second kappa shape index (κ2) is 3.84. The van der Waals surface area contributed by atoms with Gasteiger partial charge in [0, 0.05) is 17.9 Å². The minimum Gasteiger partial charge on any atom is -0.321 e. The van der Waals surface area contributed by atoms with Crippen molar-refractivity contribution in [2.45, 2.75) is 31.5 Å². The number of thioether (sulfide) groups is 1. The first-order chi connectivity index (χ1) is 6.05. The van der Waals surface area contributed by atoms with E-state index in [2.05, 4.69) is 36.4 Å². The highest BCUT2D eigenvalue weighted by Crippen LogP contribution is 2.22. The van der Waals surface area contributed by atoms with Crippen LogP contribution in [0.2, 0.25) is 0 Å². The Hall–Kier alpha value is -0.950. The molecule has 0 N–H and O–H groups in total. The molecule has 0 unspecified atom stereocenters. The van der Waals surface area contributed by atoms with Crippen LogP contribution in [0.1, 0.15) is 20.8 Å². The van der Waals surface area contributed by atoms with E-state index in [1.807, 2.05) is 6.20 Å². The first-order valence-electron chi connectivity index (χ1n) is 4.09. The van der Waals surface area contributed by atoms with Crippen molar-refractivity contribution in [3.05, 3.63) is 12.4 Å². The van der Waals surface area contributed by atoms with Crippen LogP contribution in [0.25, 0.3) is 0 Å². The zero-order valence-electron chi connectivity index (χ0n) is 8.11. The number of rotatable bonds is 2. The van der Waals surface area contributed by atoms with Crippen LogP contribution in [0.3, 0.4) is 0 Å². The van der Waals surface area contributed by atoms with Crippen LogP contribution in [0.4, 0.5) is 0 Å². The maximum absolute atomic E-state index is 8.45. The molecule has 1 rings (SSSR count). The van der Waals surface area contributed by atoms with Crippen LogP contribution < -0.4 is 0 Å². The Bertz CT molecular complexity index is 316. The molecular formula is C9H13N3S. The molecule has 0 aliphatic carbocycles. The molecule has 0 saturated carbocycles. The van der Waals surface area contributed by atoms with Gasteiger partial charge in [-0.25, -0.2) is 4.98 Å². The molecule has 0 spiro atoms. The van der Waals surface area contributed by atoms with E-state index in [4.69, 9.17) is 5.26 Å². The van der Waals surface area contributed by atoms with Crippen molar-refractivity contribution in [1.82, 2.24) is 9.55 Å². The summed E-state index contributed by atoms with van der Waals surface area (Å²) in [6, 6.07) is 2.09. The van der Waals surface area contributed by atoms with Gasteiger partial charge in [0.05, 0.1) is 11.8 Å². The van der Waals surface area contributed by atoms with Crippen LogP contribution in [0.5, 0.6) is 0 Å². The van der Waals surface area contributed by atoms with Crippen LogP contribution in [-0.4, -0.2) is 15.3 Å². The zero-order valence-corrected chi connectivity index (χ0v) is 8.93. The molecule has 70 valence electrons. The van der Waals surface area contributed by atoms with Crippen molar-refractivity contribution in [2.24, 2.45) is 0 Å². The number of hydrogen-bond donors (Lipinski definition) is 0. The summed E-state index contributed by atoms with van der Waals surface area (Å²) in [4.78, 5) is 4.19. The normalized spacial score (nSPS) is 11.2.